The summed E-state index contributed by atoms with van der Waals surface area (Å²) in [4.78, 5) is 12.4. The van der Waals surface area contributed by atoms with Crippen molar-refractivity contribution in [2.24, 2.45) is 5.92 Å². The Morgan fingerprint density at radius 3 is 2.93 bits per heavy atom. The van der Waals surface area contributed by atoms with Gasteiger partial charge in [0.1, 0.15) is 16.8 Å². The second-order valence-electron chi connectivity index (χ2n) is 7.05. The number of carbonyl (C=O) groups is 1. The Hall–Kier alpha value is -2.23. The van der Waals surface area contributed by atoms with Gasteiger partial charge in [0.2, 0.25) is 0 Å². The van der Waals surface area contributed by atoms with Gasteiger partial charge in [0.25, 0.3) is 5.91 Å². The van der Waals surface area contributed by atoms with E-state index in [1.807, 2.05) is 32.0 Å². The first-order valence-electron chi connectivity index (χ1n) is 8.98. The van der Waals surface area contributed by atoms with Crippen molar-refractivity contribution in [2.45, 2.75) is 40.0 Å². The fourth-order valence-electron chi connectivity index (χ4n) is 3.33. The summed E-state index contributed by atoms with van der Waals surface area (Å²) < 4.78 is 6.43. The second kappa shape index (κ2) is 8.20. The fourth-order valence-corrected chi connectivity index (χ4v) is 4.74. The fraction of sp³-hybridized carbons (Fsp3) is 0.381. The Morgan fingerprint density at radius 2 is 2.19 bits per heavy atom. The van der Waals surface area contributed by atoms with Crippen LogP contribution in [0.2, 0.25) is 0 Å². The number of anilines is 1. The Balaban J connectivity index is 1.78. The number of amides is 1. The van der Waals surface area contributed by atoms with Crippen LogP contribution in [-0.4, -0.2) is 12.5 Å². The van der Waals surface area contributed by atoms with Crippen LogP contribution in [0.3, 0.4) is 0 Å². The maximum Gasteiger partial charge on any atom is 0.262 e. The molecule has 3 rings (SSSR count). The summed E-state index contributed by atoms with van der Waals surface area (Å²) in [6, 6.07) is 8.02. The van der Waals surface area contributed by atoms with Crippen molar-refractivity contribution in [1.29, 1.82) is 5.26 Å². The summed E-state index contributed by atoms with van der Waals surface area (Å²) >= 11 is 6.84. The van der Waals surface area contributed by atoms with Crippen LogP contribution in [-0.2, 0) is 17.6 Å². The van der Waals surface area contributed by atoms with E-state index in [1.54, 1.807) is 0 Å². The summed E-state index contributed by atoms with van der Waals surface area (Å²) in [5.41, 5.74) is 4.79. The van der Waals surface area contributed by atoms with Crippen molar-refractivity contribution in [2.75, 3.05) is 11.9 Å². The Morgan fingerprint density at radius 1 is 1.41 bits per heavy atom. The number of carbonyl (C=O) groups excluding carboxylic acids is 1. The highest BCUT2D eigenvalue weighted by molar-refractivity contribution is 7.73. The van der Waals surface area contributed by atoms with Gasteiger partial charge >= 0.3 is 0 Å². The molecule has 2 aromatic rings. The van der Waals surface area contributed by atoms with E-state index in [0.29, 0.717) is 22.2 Å². The number of nitrogens with zero attached hydrogens (tertiary/aromatic N) is 1. The Bertz CT molecular complexity index is 989. The lowest BCUT2D eigenvalue weighted by Crippen LogP contribution is -2.22. The topological polar surface area (TPSA) is 62.1 Å². The van der Waals surface area contributed by atoms with Gasteiger partial charge in [-0.1, -0.05) is 31.3 Å². The minimum absolute atomic E-state index is 0.108. The number of ether oxygens (including phenoxy) is 1. The molecule has 0 bridgehead atoms. The van der Waals surface area contributed by atoms with Crippen molar-refractivity contribution < 1.29 is 9.53 Å². The molecule has 1 heterocycles. The van der Waals surface area contributed by atoms with E-state index < -0.39 is 0 Å². The van der Waals surface area contributed by atoms with Crippen LogP contribution >= 0.6 is 23.6 Å². The average molecular weight is 399 g/mol. The molecule has 1 amide bonds. The molecule has 0 saturated heterocycles. The third-order valence-corrected chi connectivity index (χ3v) is 6.49. The summed E-state index contributed by atoms with van der Waals surface area (Å²) in [5.74, 6) is 0.976. The highest BCUT2D eigenvalue weighted by Crippen LogP contribution is 2.35. The average Bonchev–Trinajstić information content (AvgIpc) is 2.64. The molecule has 27 heavy (non-hydrogen) atoms. The molecular weight excluding hydrogens is 376 g/mol. The minimum atomic E-state index is -0.290. The van der Waals surface area contributed by atoms with E-state index in [9.17, 15) is 10.1 Å². The van der Waals surface area contributed by atoms with E-state index in [4.69, 9.17) is 17.0 Å². The number of hydrogen-bond acceptors (Lipinski definition) is 5. The van der Waals surface area contributed by atoms with Crippen molar-refractivity contribution in [3.63, 3.8) is 0 Å². The van der Waals surface area contributed by atoms with Crippen LogP contribution in [0.4, 0.5) is 5.00 Å². The number of fused-ring (bicyclic) bond motifs is 1. The monoisotopic (exact) mass is 398 g/mol. The lowest BCUT2D eigenvalue weighted by molar-refractivity contribution is -0.118. The van der Waals surface area contributed by atoms with Gasteiger partial charge in [-0.05, 0) is 67.3 Å². The van der Waals surface area contributed by atoms with Gasteiger partial charge in [0.05, 0.1) is 9.39 Å². The third kappa shape index (κ3) is 4.20. The van der Waals surface area contributed by atoms with E-state index in [2.05, 4.69) is 18.3 Å². The van der Waals surface area contributed by atoms with Gasteiger partial charge in [-0.15, -0.1) is 11.3 Å². The van der Waals surface area contributed by atoms with E-state index >= 15 is 0 Å². The molecule has 6 heteroatoms. The molecule has 1 aliphatic carbocycles. The molecule has 1 aromatic heterocycles. The normalized spacial score (nSPS) is 15.6. The van der Waals surface area contributed by atoms with Crippen molar-refractivity contribution in [3.8, 4) is 11.8 Å². The van der Waals surface area contributed by atoms with Crippen LogP contribution in [0.1, 0.15) is 41.2 Å². The quantitative estimate of drug-likeness (QED) is 0.727. The van der Waals surface area contributed by atoms with Crippen LogP contribution in [0.15, 0.2) is 18.2 Å². The number of nitrogens with one attached hydrogen (secondary N) is 1. The van der Waals surface area contributed by atoms with Gasteiger partial charge in [-0.25, -0.2) is 0 Å². The molecule has 1 aromatic carbocycles. The first-order chi connectivity index (χ1) is 12.9. The third-order valence-electron chi connectivity index (χ3n) is 5.05. The Kier molecular flexibility index (Phi) is 5.93. The molecule has 1 unspecified atom stereocenters. The van der Waals surface area contributed by atoms with E-state index in [0.717, 1.165) is 45.3 Å². The molecule has 0 spiro atoms. The SMILES string of the molecule is Cc1cccc(OCC(=O)Nc2sc(=S)c3c(c2C#N)CCC(C)C3)c1C. The molecular formula is C21H22N2O2S2. The van der Waals surface area contributed by atoms with Gasteiger partial charge in [-0.3, -0.25) is 4.79 Å². The molecule has 1 aliphatic rings. The summed E-state index contributed by atoms with van der Waals surface area (Å²) in [6.07, 6.45) is 2.77. The Labute approximate surface area is 168 Å². The van der Waals surface area contributed by atoms with Crippen LogP contribution in [0, 0.1) is 34.9 Å². The molecule has 0 fully saturated rings. The molecule has 0 saturated carbocycles. The zero-order valence-corrected chi connectivity index (χ0v) is 17.4. The summed E-state index contributed by atoms with van der Waals surface area (Å²) in [7, 11) is 0. The molecule has 1 atom stereocenters. The predicted octanol–water partition coefficient (Wildman–Crippen LogP) is 5.11. The molecule has 0 radical (unpaired) electrons. The lowest BCUT2D eigenvalue weighted by atomic mass is 9.85. The smallest absolute Gasteiger partial charge is 0.262 e. The maximum absolute atomic E-state index is 12.4. The predicted molar refractivity (Wildman–Crippen MR) is 111 cm³/mol. The lowest BCUT2D eigenvalue weighted by Gasteiger charge is -2.23. The molecule has 4 nitrogen and oxygen atoms in total. The largest absolute Gasteiger partial charge is 0.483 e. The zero-order valence-electron chi connectivity index (χ0n) is 15.7. The molecule has 0 aliphatic heterocycles. The zero-order chi connectivity index (χ0) is 19.6. The number of rotatable bonds is 4. The van der Waals surface area contributed by atoms with Gasteiger partial charge in [0.15, 0.2) is 6.61 Å². The first-order valence-corrected chi connectivity index (χ1v) is 10.2. The molecule has 140 valence electrons. The second-order valence-corrected chi connectivity index (χ2v) is 8.73. The first kappa shape index (κ1) is 19.5. The van der Waals surface area contributed by atoms with Gasteiger partial charge < -0.3 is 10.1 Å². The highest BCUT2D eigenvalue weighted by Gasteiger charge is 2.23. The van der Waals surface area contributed by atoms with Crippen molar-refractivity contribution >= 4 is 34.5 Å². The van der Waals surface area contributed by atoms with Gasteiger partial charge in [0, 0.05) is 0 Å². The number of benzene rings is 1. The highest BCUT2D eigenvalue weighted by atomic mass is 32.1. The van der Waals surface area contributed by atoms with Crippen molar-refractivity contribution in [1.82, 2.24) is 0 Å². The maximum atomic E-state index is 12.4. The van der Waals surface area contributed by atoms with Crippen LogP contribution in [0.25, 0.3) is 0 Å². The summed E-state index contributed by atoms with van der Waals surface area (Å²) in [6.45, 7) is 6.06. The number of nitriles is 1. The number of hydrogen-bond donors (Lipinski definition) is 1. The van der Waals surface area contributed by atoms with E-state index in [-0.39, 0.29) is 12.5 Å². The van der Waals surface area contributed by atoms with Crippen LogP contribution < -0.4 is 10.1 Å². The summed E-state index contributed by atoms with van der Waals surface area (Å²) in [5, 5.41) is 13.0. The molecule has 1 N–H and O–H groups in total. The van der Waals surface area contributed by atoms with E-state index in [1.165, 1.54) is 11.3 Å². The van der Waals surface area contributed by atoms with Crippen LogP contribution in [0.5, 0.6) is 5.75 Å². The van der Waals surface area contributed by atoms with Crippen molar-refractivity contribution in [3.05, 3.63) is 49.8 Å². The number of aryl methyl sites for hydroxylation is 1. The minimum Gasteiger partial charge on any atom is -0.483 e. The standard InChI is InChI=1S/C21H22N2O2S2/c1-12-7-8-15-16(9-12)21(26)27-20(17(15)10-22)23-19(24)11-25-18-6-4-5-13(2)14(18)3/h4-6,12H,7-9,11H2,1-3H3,(H,23,24). The van der Waals surface area contributed by atoms with Gasteiger partial charge in [-0.2, -0.15) is 5.26 Å².